The molecule has 0 aliphatic carbocycles. The molecule has 0 saturated carbocycles. The summed E-state index contributed by atoms with van der Waals surface area (Å²) in [7, 11) is 0. The van der Waals surface area contributed by atoms with Crippen LogP contribution >= 0.6 is 35.6 Å². The van der Waals surface area contributed by atoms with Gasteiger partial charge < -0.3 is 9.47 Å². The topological polar surface area (TPSA) is 38.8 Å². The number of anilines is 1. The summed E-state index contributed by atoms with van der Waals surface area (Å²) in [6, 6.07) is 22.5. The predicted molar refractivity (Wildman–Crippen MR) is 136 cm³/mol. The lowest BCUT2D eigenvalue weighted by atomic mass is 10.1. The van der Waals surface area contributed by atoms with Gasteiger partial charge in [-0.2, -0.15) is 0 Å². The van der Waals surface area contributed by atoms with Crippen LogP contribution in [-0.4, -0.2) is 23.4 Å². The first kappa shape index (κ1) is 22.4. The SMILES string of the molecule is Cc1ccc(OCCOc2ccc(Cl)cc2/C=C2\SC(=S)N(c3ccccc3)C2=O)cc1. The van der Waals surface area contributed by atoms with Gasteiger partial charge in [0.05, 0.1) is 10.6 Å². The van der Waals surface area contributed by atoms with E-state index in [0.717, 1.165) is 11.4 Å². The largest absolute Gasteiger partial charge is 0.490 e. The van der Waals surface area contributed by atoms with E-state index < -0.39 is 0 Å². The molecule has 0 atom stereocenters. The van der Waals surface area contributed by atoms with E-state index in [4.69, 9.17) is 33.3 Å². The molecule has 3 aromatic carbocycles. The molecule has 0 bridgehead atoms. The number of thioether (sulfide) groups is 1. The fraction of sp³-hybridized carbons (Fsp3) is 0.120. The van der Waals surface area contributed by atoms with Crippen LogP contribution in [0.1, 0.15) is 11.1 Å². The second-order valence-corrected chi connectivity index (χ2v) is 9.16. The van der Waals surface area contributed by atoms with Gasteiger partial charge in [0.2, 0.25) is 0 Å². The molecule has 4 rings (SSSR count). The third kappa shape index (κ3) is 5.33. The first-order valence-electron chi connectivity index (χ1n) is 9.96. The highest BCUT2D eigenvalue weighted by Gasteiger charge is 2.33. The lowest BCUT2D eigenvalue weighted by Crippen LogP contribution is -2.27. The van der Waals surface area contributed by atoms with Crippen LogP contribution in [0.4, 0.5) is 5.69 Å². The van der Waals surface area contributed by atoms with Crippen molar-refractivity contribution in [3.8, 4) is 11.5 Å². The lowest BCUT2D eigenvalue weighted by molar-refractivity contribution is -0.113. The Labute approximate surface area is 201 Å². The second kappa shape index (κ2) is 10.2. The summed E-state index contributed by atoms with van der Waals surface area (Å²) < 4.78 is 12.1. The summed E-state index contributed by atoms with van der Waals surface area (Å²) >= 11 is 12.9. The maximum Gasteiger partial charge on any atom is 0.270 e. The number of halogens is 1. The van der Waals surface area contributed by atoms with Gasteiger partial charge in [-0.15, -0.1) is 0 Å². The van der Waals surface area contributed by atoms with Crippen LogP contribution in [0.5, 0.6) is 11.5 Å². The molecular weight excluding hydrogens is 462 g/mol. The number of thiocarbonyl (C=S) groups is 1. The maximum atomic E-state index is 13.0. The van der Waals surface area contributed by atoms with Crippen LogP contribution in [-0.2, 0) is 4.79 Å². The van der Waals surface area contributed by atoms with Crippen LogP contribution in [0, 0.1) is 6.92 Å². The Kier molecular flexibility index (Phi) is 7.15. The van der Waals surface area contributed by atoms with Crippen LogP contribution in [0.25, 0.3) is 6.08 Å². The number of benzene rings is 3. The van der Waals surface area contributed by atoms with Crippen molar-refractivity contribution in [2.75, 3.05) is 18.1 Å². The first-order valence-corrected chi connectivity index (χ1v) is 11.6. The quantitative estimate of drug-likeness (QED) is 0.218. The molecule has 1 amide bonds. The molecule has 1 aliphatic heterocycles. The molecule has 7 heteroatoms. The van der Waals surface area contributed by atoms with Gasteiger partial charge in [-0.3, -0.25) is 9.69 Å². The van der Waals surface area contributed by atoms with Gasteiger partial charge in [0.25, 0.3) is 5.91 Å². The highest BCUT2D eigenvalue weighted by atomic mass is 35.5. The number of ether oxygens (including phenoxy) is 2. The number of nitrogens with zero attached hydrogens (tertiary/aromatic N) is 1. The van der Waals surface area contributed by atoms with Crippen molar-refractivity contribution < 1.29 is 14.3 Å². The summed E-state index contributed by atoms with van der Waals surface area (Å²) in [5.41, 5.74) is 2.63. The number of para-hydroxylation sites is 1. The number of carbonyl (C=O) groups excluding carboxylic acids is 1. The Balaban J connectivity index is 1.47. The molecule has 0 unspecified atom stereocenters. The van der Waals surface area contributed by atoms with E-state index in [-0.39, 0.29) is 5.91 Å². The fourth-order valence-corrected chi connectivity index (χ4v) is 4.59. The Bertz CT molecular complexity index is 1160. The zero-order valence-electron chi connectivity index (χ0n) is 17.3. The molecule has 0 N–H and O–H groups in total. The summed E-state index contributed by atoms with van der Waals surface area (Å²) in [5, 5.41) is 0.554. The standard InChI is InChI=1S/C25H20ClNO3S2/c1-17-7-10-21(11-8-17)29-13-14-30-22-12-9-19(26)15-18(22)16-23-24(28)27(25(31)32-23)20-5-3-2-4-6-20/h2-12,15-16H,13-14H2,1H3/b23-16-. The minimum atomic E-state index is -0.167. The van der Waals surface area contributed by atoms with Crippen LogP contribution in [0.2, 0.25) is 5.02 Å². The van der Waals surface area contributed by atoms with Gasteiger partial charge in [-0.25, -0.2) is 0 Å². The smallest absolute Gasteiger partial charge is 0.270 e. The molecule has 4 nitrogen and oxygen atoms in total. The van der Waals surface area contributed by atoms with Gasteiger partial charge in [0.1, 0.15) is 24.7 Å². The highest BCUT2D eigenvalue weighted by molar-refractivity contribution is 8.27. The molecule has 0 radical (unpaired) electrons. The van der Waals surface area contributed by atoms with Crippen molar-refractivity contribution >= 4 is 57.6 Å². The first-order chi connectivity index (χ1) is 15.5. The fourth-order valence-electron chi connectivity index (χ4n) is 3.12. The van der Waals surface area contributed by atoms with Crippen molar-refractivity contribution in [1.82, 2.24) is 0 Å². The molecule has 3 aromatic rings. The molecular formula is C25H20ClNO3S2. The predicted octanol–water partition coefficient (Wildman–Crippen LogP) is 6.51. The minimum Gasteiger partial charge on any atom is -0.490 e. The van der Waals surface area contributed by atoms with Crippen molar-refractivity contribution in [3.05, 3.63) is 93.9 Å². The van der Waals surface area contributed by atoms with Gasteiger partial charge in [-0.1, -0.05) is 71.5 Å². The number of rotatable bonds is 7. The monoisotopic (exact) mass is 481 g/mol. The number of hydrogen-bond donors (Lipinski definition) is 0. The van der Waals surface area contributed by atoms with Gasteiger partial charge in [0, 0.05) is 10.6 Å². The number of hydrogen-bond acceptors (Lipinski definition) is 5. The molecule has 0 spiro atoms. The van der Waals surface area contributed by atoms with Gasteiger partial charge in [-0.05, 0) is 55.5 Å². The highest BCUT2D eigenvalue weighted by Crippen LogP contribution is 2.37. The molecule has 32 heavy (non-hydrogen) atoms. The van der Waals surface area contributed by atoms with Crippen molar-refractivity contribution in [3.63, 3.8) is 0 Å². The zero-order chi connectivity index (χ0) is 22.5. The molecule has 1 aliphatic rings. The Morgan fingerprint density at radius 1 is 1.00 bits per heavy atom. The van der Waals surface area contributed by atoms with E-state index in [0.29, 0.717) is 38.8 Å². The average molecular weight is 482 g/mol. The minimum absolute atomic E-state index is 0.167. The van der Waals surface area contributed by atoms with Crippen molar-refractivity contribution in [2.45, 2.75) is 6.92 Å². The van der Waals surface area contributed by atoms with Crippen molar-refractivity contribution in [1.29, 1.82) is 0 Å². The Morgan fingerprint density at radius 2 is 1.72 bits per heavy atom. The van der Waals surface area contributed by atoms with E-state index in [1.165, 1.54) is 22.2 Å². The van der Waals surface area contributed by atoms with Gasteiger partial charge >= 0.3 is 0 Å². The average Bonchev–Trinajstić information content (AvgIpc) is 3.07. The van der Waals surface area contributed by atoms with E-state index >= 15 is 0 Å². The second-order valence-electron chi connectivity index (χ2n) is 7.04. The molecule has 0 aromatic heterocycles. The third-order valence-corrected chi connectivity index (χ3v) is 6.23. The summed E-state index contributed by atoms with van der Waals surface area (Å²) in [6.07, 6.45) is 1.77. The summed E-state index contributed by atoms with van der Waals surface area (Å²) in [4.78, 5) is 15.1. The van der Waals surface area contributed by atoms with E-state index in [1.54, 1.807) is 24.3 Å². The Morgan fingerprint density at radius 3 is 2.47 bits per heavy atom. The summed E-state index contributed by atoms with van der Waals surface area (Å²) in [5.74, 6) is 1.24. The van der Waals surface area contributed by atoms with Crippen molar-refractivity contribution in [2.24, 2.45) is 0 Å². The Hall–Kier alpha value is -2.80. The normalized spacial score (nSPS) is 14.8. The molecule has 162 valence electrons. The van der Waals surface area contributed by atoms with E-state index in [1.807, 2.05) is 61.5 Å². The van der Waals surface area contributed by atoms with E-state index in [2.05, 4.69) is 0 Å². The van der Waals surface area contributed by atoms with Crippen LogP contribution < -0.4 is 14.4 Å². The zero-order valence-corrected chi connectivity index (χ0v) is 19.7. The molecule has 1 saturated heterocycles. The van der Waals surface area contributed by atoms with E-state index in [9.17, 15) is 4.79 Å². The molecule has 1 fully saturated rings. The number of amides is 1. The number of carbonyl (C=O) groups is 1. The molecule has 1 heterocycles. The van der Waals surface area contributed by atoms with Gasteiger partial charge in [0.15, 0.2) is 4.32 Å². The number of aryl methyl sites for hydroxylation is 1. The summed E-state index contributed by atoms with van der Waals surface area (Å²) in [6.45, 7) is 2.77. The maximum absolute atomic E-state index is 13.0. The lowest BCUT2D eigenvalue weighted by Gasteiger charge is -2.14. The third-order valence-electron chi connectivity index (χ3n) is 4.70. The van der Waals surface area contributed by atoms with Crippen LogP contribution in [0.3, 0.4) is 0 Å². The van der Waals surface area contributed by atoms with Crippen LogP contribution in [0.15, 0.2) is 77.7 Å².